The number of rotatable bonds is 7. The zero-order valence-corrected chi connectivity index (χ0v) is 19.7. The molecule has 0 aromatic heterocycles. The monoisotopic (exact) mass is 479 g/mol. The van der Waals surface area contributed by atoms with Crippen molar-refractivity contribution in [3.63, 3.8) is 0 Å². The molecule has 8 nitrogen and oxygen atoms in total. The van der Waals surface area contributed by atoms with Crippen molar-refractivity contribution in [1.82, 2.24) is 14.5 Å². The van der Waals surface area contributed by atoms with E-state index in [1.54, 1.807) is 43.3 Å². The minimum Gasteiger partial charge on any atom is -0.496 e. The Labute approximate surface area is 193 Å². The van der Waals surface area contributed by atoms with Crippen LogP contribution in [0.2, 0.25) is 5.02 Å². The van der Waals surface area contributed by atoms with Crippen LogP contribution < -0.4 is 10.1 Å². The van der Waals surface area contributed by atoms with Crippen molar-refractivity contribution in [2.75, 3.05) is 26.5 Å². The molecular formula is C22H26ClN3O5S. The highest BCUT2D eigenvalue weighted by Gasteiger charge is 2.49. The number of nitrogens with one attached hydrogen (secondary N) is 1. The van der Waals surface area contributed by atoms with Crippen molar-refractivity contribution in [3.8, 4) is 5.75 Å². The summed E-state index contributed by atoms with van der Waals surface area (Å²) in [6.07, 6.45) is 1.03. The maximum Gasteiger partial charge on any atom is 0.247 e. The second kappa shape index (κ2) is 9.48. The predicted molar refractivity (Wildman–Crippen MR) is 122 cm³/mol. The molecule has 10 heteroatoms. The number of hydrogen-bond donors (Lipinski definition) is 1. The maximum atomic E-state index is 13.3. The summed E-state index contributed by atoms with van der Waals surface area (Å²) < 4.78 is 30.8. The molecule has 1 heterocycles. The van der Waals surface area contributed by atoms with E-state index in [0.717, 1.165) is 16.1 Å². The predicted octanol–water partition coefficient (Wildman–Crippen LogP) is 2.03. The zero-order chi connectivity index (χ0) is 23.5. The molecule has 0 saturated carbocycles. The van der Waals surface area contributed by atoms with Crippen molar-refractivity contribution in [2.24, 2.45) is 0 Å². The van der Waals surface area contributed by atoms with E-state index in [0.29, 0.717) is 16.3 Å². The first-order chi connectivity index (χ1) is 15.0. The van der Waals surface area contributed by atoms with Crippen molar-refractivity contribution in [1.29, 1.82) is 0 Å². The lowest BCUT2D eigenvalue weighted by molar-refractivity contribution is -0.153. The van der Waals surface area contributed by atoms with Crippen LogP contribution >= 0.6 is 11.6 Å². The Kier molecular flexibility index (Phi) is 7.12. The largest absolute Gasteiger partial charge is 0.496 e. The number of halogens is 1. The van der Waals surface area contributed by atoms with Gasteiger partial charge < -0.3 is 15.0 Å². The molecule has 1 atom stereocenters. The third-order valence-electron chi connectivity index (χ3n) is 5.54. The molecular weight excluding hydrogens is 454 g/mol. The van der Waals surface area contributed by atoms with Crippen LogP contribution in [-0.2, 0) is 32.7 Å². The van der Waals surface area contributed by atoms with E-state index >= 15 is 0 Å². The summed E-state index contributed by atoms with van der Waals surface area (Å²) in [6, 6.07) is 14.2. The fraction of sp³-hybridized carbons (Fsp3) is 0.364. The number of carbonyl (C=O) groups is 2. The van der Waals surface area contributed by atoms with Gasteiger partial charge in [0, 0.05) is 23.7 Å². The molecule has 0 unspecified atom stereocenters. The van der Waals surface area contributed by atoms with Gasteiger partial charge in [-0.15, -0.1) is 0 Å². The number of para-hydroxylation sites is 1. The number of benzene rings is 2. The molecule has 2 aromatic carbocycles. The second-order valence-electron chi connectivity index (χ2n) is 7.91. The van der Waals surface area contributed by atoms with E-state index < -0.39 is 27.4 Å². The van der Waals surface area contributed by atoms with Crippen LogP contribution in [0.5, 0.6) is 5.75 Å². The van der Waals surface area contributed by atoms with E-state index in [4.69, 9.17) is 16.3 Å². The van der Waals surface area contributed by atoms with Gasteiger partial charge in [-0.25, -0.2) is 8.42 Å². The highest BCUT2D eigenvalue weighted by molar-refractivity contribution is 7.88. The summed E-state index contributed by atoms with van der Waals surface area (Å²) in [7, 11) is -2.15. The van der Waals surface area contributed by atoms with Gasteiger partial charge in [-0.2, -0.15) is 4.31 Å². The number of nitrogens with zero attached hydrogens (tertiary/aromatic N) is 2. The topological polar surface area (TPSA) is 96.0 Å². The van der Waals surface area contributed by atoms with Crippen LogP contribution in [0.1, 0.15) is 18.1 Å². The van der Waals surface area contributed by atoms with Crippen molar-refractivity contribution >= 4 is 33.4 Å². The Morgan fingerprint density at radius 3 is 2.47 bits per heavy atom. The second-order valence-corrected chi connectivity index (χ2v) is 10.3. The van der Waals surface area contributed by atoms with Crippen molar-refractivity contribution < 1.29 is 22.7 Å². The molecule has 1 N–H and O–H groups in total. The number of piperazine rings is 1. The number of methoxy groups -OCH3 is 1. The molecule has 1 saturated heterocycles. The van der Waals surface area contributed by atoms with Crippen LogP contribution in [0.3, 0.4) is 0 Å². The van der Waals surface area contributed by atoms with Crippen LogP contribution in [0, 0.1) is 0 Å². The summed E-state index contributed by atoms with van der Waals surface area (Å²) >= 11 is 5.91. The van der Waals surface area contributed by atoms with E-state index in [1.165, 1.54) is 12.0 Å². The van der Waals surface area contributed by atoms with Crippen LogP contribution in [0.25, 0.3) is 0 Å². The Bertz CT molecular complexity index is 1110. The molecule has 0 spiro atoms. The minimum absolute atomic E-state index is 0.102. The molecule has 2 aromatic rings. The van der Waals surface area contributed by atoms with Gasteiger partial charge in [0.15, 0.2) is 0 Å². The van der Waals surface area contributed by atoms with Gasteiger partial charge in [0.25, 0.3) is 0 Å². The van der Waals surface area contributed by atoms with E-state index in [1.807, 2.05) is 12.1 Å². The summed E-state index contributed by atoms with van der Waals surface area (Å²) in [4.78, 5) is 27.8. The summed E-state index contributed by atoms with van der Waals surface area (Å²) in [5.41, 5.74) is 0.115. The average molecular weight is 480 g/mol. The first kappa shape index (κ1) is 24.0. The van der Waals surface area contributed by atoms with Gasteiger partial charge in [0.05, 0.1) is 26.5 Å². The summed E-state index contributed by atoms with van der Waals surface area (Å²) in [6.45, 7) is 1.41. The molecule has 1 aliphatic rings. The Balaban J connectivity index is 1.91. The van der Waals surface area contributed by atoms with E-state index in [2.05, 4.69) is 5.32 Å². The molecule has 0 bridgehead atoms. The van der Waals surface area contributed by atoms with Gasteiger partial charge in [0.1, 0.15) is 11.3 Å². The molecule has 2 amide bonds. The highest BCUT2D eigenvalue weighted by Crippen LogP contribution is 2.29. The van der Waals surface area contributed by atoms with Gasteiger partial charge in [0.2, 0.25) is 21.8 Å². The number of ether oxygens (including phenoxy) is 1. The molecule has 1 aliphatic heterocycles. The van der Waals surface area contributed by atoms with Crippen molar-refractivity contribution in [3.05, 3.63) is 64.7 Å². The van der Waals surface area contributed by atoms with Gasteiger partial charge in [-0.1, -0.05) is 41.9 Å². The lowest BCUT2D eigenvalue weighted by atomic mass is 9.94. The third kappa shape index (κ3) is 5.23. The fourth-order valence-electron chi connectivity index (χ4n) is 3.67. The lowest BCUT2D eigenvalue weighted by Crippen LogP contribution is -2.69. The SMILES string of the molecule is COc1ccccc1CN1C(=O)CN(S(C)(=O)=O)C[C@@]1(C)C(=O)NCc1ccc(Cl)cc1. The summed E-state index contributed by atoms with van der Waals surface area (Å²) in [5.74, 6) is -0.337. The lowest BCUT2D eigenvalue weighted by Gasteiger charge is -2.46. The third-order valence-corrected chi connectivity index (χ3v) is 6.99. The molecule has 0 aliphatic carbocycles. The maximum absolute atomic E-state index is 13.3. The molecule has 3 rings (SSSR count). The van der Waals surface area contributed by atoms with Crippen LogP contribution in [0.4, 0.5) is 0 Å². The van der Waals surface area contributed by atoms with Gasteiger partial charge >= 0.3 is 0 Å². The Hall–Kier alpha value is -2.62. The zero-order valence-electron chi connectivity index (χ0n) is 18.2. The average Bonchev–Trinajstić information content (AvgIpc) is 2.75. The van der Waals surface area contributed by atoms with Gasteiger partial charge in [-0.3, -0.25) is 9.59 Å². The van der Waals surface area contributed by atoms with E-state index in [9.17, 15) is 18.0 Å². The number of hydrogen-bond acceptors (Lipinski definition) is 5. The van der Waals surface area contributed by atoms with Crippen molar-refractivity contribution in [2.45, 2.75) is 25.6 Å². The standard InChI is InChI=1S/C22H26ClN3O5S/c1-22(21(28)24-12-16-8-10-18(23)11-9-16)15-25(32(3,29)30)14-20(27)26(22)13-17-6-4-5-7-19(17)31-2/h4-11H,12-15H2,1-3H3,(H,24,28)/t22-/m0/s1. The quantitative estimate of drug-likeness (QED) is 0.655. The summed E-state index contributed by atoms with van der Waals surface area (Å²) in [5, 5.41) is 3.42. The Morgan fingerprint density at radius 2 is 1.84 bits per heavy atom. The first-order valence-electron chi connectivity index (χ1n) is 9.95. The number of amides is 2. The van der Waals surface area contributed by atoms with Gasteiger partial charge in [-0.05, 0) is 30.7 Å². The normalized spacial score (nSPS) is 19.6. The van der Waals surface area contributed by atoms with E-state index in [-0.39, 0.29) is 26.2 Å². The number of carbonyl (C=O) groups excluding carboxylic acids is 2. The molecule has 1 fully saturated rings. The molecule has 172 valence electrons. The number of sulfonamides is 1. The fourth-order valence-corrected chi connectivity index (χ4v) is 4.62. The molecule has 32 heavy (non-hydrogen) atoms. The first-order valence-corrected chi connectivity index (χ1v) is 12.2. The minimum atomic E-state index is -3.68. The smallest absolute Gasteiger partial charge is 0.247 e. The highest BCUT2D eigenvalue weighted by atomic mass is 35.5. The van der Waals surface area contributed by atoms with Crippen LogP contribution in [-0.4, -0.2) is 61.4 Å². The molecule has 0 radical (unpaired) electrons. The van der Waals surface area contributed by atoms with Crippen LogP contribution in [0.15, 0.2) is 48.5 Å². The Morgan fingerprint density at radius 1 is 1.19 bits per heavy atom.